The Labute approximate surface area is 116 Å². The van der Waals surface area contributed by atoms with Crippen LogP contribution in [0.5, 0.6) is 11.5 Å². The quantitative estimate of drug-likeness (QED) is 0.880. The number of ether oxygens (including phenoxy) is 1. The van der Waals surface area contributed by atoms with Crippen LogP contribution in [0.1, 0.15) is 22.8 Å². The molecule has 102 valence electrons. The number of hydrogen-bond donors (Lipinski definition) is 2. The van der Waals surface area contributed by atoms with Crippen LogP contribution in [-0.2, 0) is 6.42 Å². The second-order valence-corrected chi connectivity index (χ2v) is 4.99. The predicted molar refractivity (Wildman–Crippen MR) is 74.3 cm³/mol. The Bertz CT molecular complexity index is 691. The van der Waals surface area contributed by atoms with Crippen LogP contribution in [0.15, 0.2) is 36.4 Å². The molecule has 4 nitrogen and oxygen atoms in total. The summed E-state index contributed by atoms with van der Waals surface area (Å²) in [5.41, 5.74) is 2.72. The number of hydrogen-bond acceptors (Lipinski definition) is 3. The molecule has 0 amide bonds. The van der Waals surface area contributed by atoms with E-state index in [1.54, 1.807) is 6.07 Å². The number of rotatable bonds is 2. The first-order valence-electron chi connectivity index (χ1n) is 6.41. The van der Waals surface area contributed by atoms with Gasteiger partial charge in [-0.1, -0.05) is 12.1 Å². The Morgan fingerprint density at radius 3 is 2.65 bits per heavy atom. The fourth-order valence-corrected chi connectivity index (χ4v) is 2.49. The summed E-state index contributed by atoms with van der Waals surface area (Å²) in [5, 5.41) is 18.6. The van der Waals surface area contributed by atoms with E-state index >= 15 is 0 Å². The average molecular weight is 270 g/mol. The molecule has 4 heteroatoms. The number of aromatic carboxylic acids is 1. The van der Waals surface area contributed by atoms with Crippen LogP contribution in [0.25, 0.3) is 11.1 Å². The molecule has 1 atom stereocenters. The van der Waals surface area contributed by atoms with E-state index in [2.05, 4.69) is 0 Å². The van der Waals surface area contributed by atoms with Gasteiger partial charge >= 0.3 is 5.97 Å². The van der Waals surface area contributed by atoms with Crippen molar-refractivity contribution in [1.29, 1.82) is 0 Å². The van der Waals surface area contributed by atoms with Gasteiger partial charge in [0.2, 0.25) is 0 Å². The van der Waals surface area contributed by atoms with Gasteiger partial charge in [0.1, 0.15) is 23.2 Å². The SMILES string of the molecule is CC1Cc2cc(-c3ccc(O)c(C(=O)O)c3)ccc2O1. The summed E-state index contributed by atoms with van der Waals surface area (Å²) >= 11 is 0. The molecule has 1 aliphatic heterocycles. The zero-order chi connectivity index (χ0) is 14.3. The average Bonchev–Trinajstić information content (AvgIpc) is 2.78. The highest BCUT2D eigenvalue weighted by Crippen LogP contribution is 2.34. The Morgan fingerprint density at radius 1 is 1.20 bits per heavy atom. The van der Waals surface area contributed by atoms with E-state index < -0.39 is 5.97 Å². The lowest BCUT2D eigenvalue weighted by Gasteiger charge is -2.07. The van der Waals surface area contributed by atoms with E-state index in [0.717, 1.165) is 28.9 Å². The van der Waals surface area contributed by atoms with E-state index in [-0.39, 0.29) is 17.4 Å². The van der Waals surface area contributed by atoms with Crippen LogP contribution in [-0.4, -0.2) is 22.3 Å². The Hall–Kier alpha value is -2.49. The molecule has 1 heterocycles. The fraction of sp³-hybridized carbons (Fsp3) is 0.188. The van der Waals surface area contributed by atoms with Gasteiger partial charge in [0.15, 0.2) is 0 Å². The molecule has 0 radical (unpaired) electrons. The summed E-state index contributed by atoms with van der Waals surface area (Å²) in [6, 6.07) is 10.4. The van der Waals surface area contributed by atoms with E-state index in [1.165, 1.54) is 12.1 Å². The fourth-order valence-electron chi connectivity index (χ4n) is 2.49. The molecule has 2 N–H and O–H groups in total. The van der Waals surface area contributed by atoms with Crippen LogP contribution in [0.4, 0.5) is 0 Å². The van der Waals surface area contributed by atoms with Crippen molar-refractivity contribution < 1.29 is 19.7 Å². The van der Waals surface area contributed by atoms with Crippen molar-refractivity contribution >= 4 is 5.97 Å². The van der Waals surface area contributed by atoms with Gasteiger partial charge in [0, 0.05) is 6.42 Å². The number of benzene rings is 2. The first-order chi connectivity index (χ1) is 9.54. The summed E-state index contributed by atoms with van der Waals surface area (Å²) in [5.74, 6) is -0.472. The Kier molecular flexibility index (Phi) is 2.86. The highest BCUT2D eigenvalue weighted by atomic mass is 16.5. The largest absolute Gasteiger partial charge is 0.507 e. The number of phenols is 1. The molecule has 3 rings (SSSR count). The minimum Gasteiger partial charge on any atom is -0.507 e. The van der Waals surface area contributed by atoms with Crippen LogP contribution in [0, 0.1) is 0 Å². The lowest BCUT2D eigenvalue weighted by atomic mass is 9.99. The maximum atomic E-state index is 11.1. The lowest BCUT2D eigenvalue weighted by Crippen LogP contribution is -2.05. The molecule has 0 bridgehead atoms. The molecular formula is C16H14O4. The molecule has 2 aromatic rings. The summed E-state index contributed by atoms with van der Waals surface area (Å²) in [6.07, 6.45) is 1.03. The summed E-state index contributed by atoms with van der Waals surface area (Å²) in [7, 11) is 0. The van der Waals surface area contributed by atoms with Crippen LogP contribution >= 0.6 is 0 Å². The van der Waals surface area contributed by atoms with E-state index in [1.807, 2.05) is 25.1 Å². The first kappa shape index (κ1) is 12.5. The number of fused-ring (bicyclic) bond motifs is 1. The van der Waals surface area contributed by atoms with Crippen molar-refractivity contribution in [2.75, 3.05) is 0 Å². The zero-order valence-corrected chi connectivity index (χ0v) is 11.0. The van der Waals surface area contributed by atoms with Gasteiger partial charge in [-0.2, -0.15) is 0 Å². The molecule has 1 unspecified atom stereocenters. The first-order valence-corrected chi connectivity index (χ1v) is 6.41. The summed E-state index contributed by atoms with van der Waals surface area (Å²) in [6.45, 7) is 2.02. The van der Waals surface area contributed by atoms with Gasteiger partial charge in [0.25, 0.3) is 0 Å². The van der Waals surface area contributed by atoms with Gasteiger partial charge in [0.05, 0.1) is 0 Å². The van der Waals surface area contributed by atoms with Crippen LogP contribution in [0.3, 0.4) is 0 Å². The van der Waals surface area contributed by atoms with Crippen molar-refractivity contribution in [2.24, 2.45) is 0 Å². The minimum atomic E-state index is -1.14. The lowest BCUT2D eigenvalue weighted by molar-refractivity contribution is 0.0694. The third kappa shape index (κ3) is 2.09. The highest BCUT2D eigenvalue weighted by molar-refractivity contribution is 5.92. The Balaban J connectivity index is 2.04. The normalized spacial score (nSPS) is 16.6. The molecule has 2 aromatic carbocycles. The molecule has 0 saturated heterocycles. The van der Waals surface area contributed by atoms with E-state index in [0.29, 0.717) is 0 Å². The number of carboxylic acid groups (broad SMARTS) is 1. The summed E-state index contributed by atoms with van der Waals surface area (Å²) in [4.78, 5) is 11.1. The van der Waals surface area contributed by atoms with Crippen LogP contribution < -0.4 is 4.74 Å². The second kappa shape index (κ2) is 4.56. The molecule has 1 aliphatic rings. The molecule has 20 heavy (non-hydrogen) atoms. The smallest absolute Gasteiger partial charge is 0.339 e. The van der Waals surface area contributed by atoms with Gasteiger partial charge in [-0.3, -0.25) is 0 Å². The summed E-state index contributed by atoms with van der Waals surface area (Å²) < 4.78 is 5.64. The van der Waals surface area contributed by atoms with Crippen molar-refractivity contribution in [3.8, 4) is 22.6 Å². The van der Waals surface area contributed by atoms with Crippen molar-refractivity contribution in [3.63, 3.8) is 0 Å². The standard InChI is InChI=1S/C16H14O4/c1-9-6-12-7-10(3-5-15(12)20-9)11-2-4-14(17)13(8-11)16(18)19/h2-5,7-9,17H,6H2,1H3,(H,18,19). The van der Waals surface area contributed by atoms with Crippen LogP contribution in [0.2, 0.25) is 0 Å². The molecule has 0 fully saturated rings. The number of aromatic hydroxyl groups is 1. The molecule has 0 saturated carbocycles. The molecule has 0 aliphatic carbocycles. The highest BCUT2D eigenvalue weighted by Gasteiger charge is 2.19. The molecule has 0 aromatic heterocycles. The molecule has 0 spiro atoms. The maximum Gasteiger partial charge on any atom is 0.339 e. The predicted octanol–water partition coefficient (Wildman–Crippen LogP) is 3.08. The minimum absolute atomic E-state index is 0.0902. The van der Waals surface area contributed by atoms with Gasteiger partial charge in [-0.05, 0) is 47.9 Å². The Morgan fingerprint density at radius 2 is 1.90 bits per heavy atom. The zero-order valence-electron chi connectivity index (χ0n) is 11.0. The monoisotopic (exact) mass is 270 g/mol. The van der Waals surface area contributed by atoms with Gasteiger partial charge in [-0.15, -0.1) is 0 Å². The topological polar surface area (TPSA) is 66.8 Å². The van der Waals surface area contributed by atoms with Gasteiger partial charge < -0.3 is 14.9 Å². The van der Waals surface area contributed by atoms with Crippen molar-refractivity contribution in [2.45, 2.75) is 19.4 Å². The van der Waals surface area contributed by atoms with Gasteiger partial charge in [-0.25, -0.2) is 4.79 Å². The second-order valence-electron chi connectivity index (χ2n) is 4.99. The van der Waals surface area contributed by atoms with E-state index in [4.69, 9.17) is 9.84 Å². The van der Waals surface area contributed by atoms with Crippen molar-refractivity contribution in [1.82, 2.24) is 0 Å². The number of carbonyl (C=O) groups is 1. The number of carboxylic acids is 1. The maximum absolute atomic E-state index is 11.1. The third-order valence-electron chi connectivity index (χ3n) is 3.46. The van der Waals surface area contributed by atoms with E-state index in [9.17, 15) is 9.90 Å². The molecular weight excluding hydrogens is 256 g/mol. The van der Waals surface area contributed by atoms with Crippen molar-refractivity contribution in [3.05, 3.63) is 47.5 Å². The third-order valence-corrected chi connectivity index (χ3v) is 3.46.